The Morgan fingerprint density at radius 2 is 2.00 bits per heavy atom. The molecule has 2 N–H and O–H groups in total. The quantitative estimate of drug-likeness (QED) is 0.849. The third kappa shape index (κ3) is 3.54. The van der Waals surface area contributed by atoms with Crippen molar-refractivity contribution < 1.29 is 13.9 Å². The second-order valence-corrected chi connectivity index (χ2v) is 4.61. The van der Waals surface area contributed by atoms with Crippen LogP contribution >= 0.6 is 0 Å². The zero-order valence-electron chi connectivity index (χ0n) is 11.6. The second-order valence-electron chi connectivity index (χ2n) is 4.61. The molecule has 0 bridgehead atoms. The number of ether oxygens (including phenoxy) is 1. The lowest BCUT2D eigenvalue weighted by atomic mass is 10.2. The summed E-state index contributed by atoms with van der Waals surface area (Å²) in [5.41, 5.74) is 7.24. The summed E-state index contributed by atoms with van der Waals surface area (Å²) in [6.45, 7) is 2.38. The molecule has 1 aromatic heterocycles. The first kappa shape index (κ1) is 14.0. The van der Waals surface area contributed by atoms with Gasteiger partial charge >= 0.3 is 0 Å². The summed E-state index contributed by atoms with van der Waals surface area (Å²) >= 11 is 0. The van der Waals surface area contributed by atoms with Crippen LogP contribution in [0.3, 0.4) is 0 Å². The van der Waals surface area contributed by atoms with Gasteiger partial charge in [0.25, 0.3) is 5.91 Å². The molecule has 0 spiro atoms. The molecule has 0 saturated heterocycles. The molecule has 0 saturated carbocycles. The average Bonchev–Trinajstić information content (AvgIpc) is 2.83. The maximum atomic E-state index is 12.0. The van der Waals surface area contributed by atoms with Crippen molar-refractivity contribution in [3.05, 3.63) is 47.9 Å². The number of nitrogens with two attached hydrogens (primary N) is 1. The number of nitrogens with zero attached hydrogens (tertiary/aromatic N) is 1. The van der Waals surface area contributed by atoms with Gasteiger partial charge in [-0.15, -0.1) is 0 Å². The van der Waals surface area contributed by atoms with Crippen LogP contribution in [0.5, 0.6) is 5.75 Å². The van der Waals surface area contributed by atoms with Crippen molar-refractivity contribution in [2.75, 3.05) is 19.4 Å². The van der Waals surface area contributed by atoms with Crippen molar-refractivity contribution >= 4 is 11.6 Å². The van der Waals surface area contributed by atoms with E-state index in [9.17, 15) is 4.79 Å². The first-order chi connectivity index (χ1) is 9.56. The molecule has 2 aromatic rings. The van der Waals surface area contributed by atoms with Gasteiger partial charge in [0.05, 0.1) is 6.26 Å². The Labute approximate surface area is 117 Å². The fourth-order valence-corrected chi connectivity index (χ4v) is 1.74. The Morgan fingerprint density at radius 1 is 1.30 bits per heavy atom. The normalized spacial score (nSPS) is 10.3. The highest BCUT2D eigenvalue weighted by atomic mass is 16.5. The van der Waals surface area contributed by atoms with Crippen LogP contribution in [0.25, 0.3) is 0 Å². The van der Waals surface area contributed by atoms with Crippen LogP contribution in [-0.4, -0.2) is 24.5 Å². The molecule has 1 aromatic carbocycles. The maximum Gasteiger partial charge on any atom is 0.260 e. The number of aryl methyl sites for hydroxylation is 1. The predicted molar refractivity (Wildman–Crippen MR) is 76.3 cm³/mol. The van der Waals surface area contributed by atoms with Crippen LogP contribution in [-0.2, 0) is 11.3 Å². The van der Waals surface area contributed by atoms with E-state index >= 15 is 0 Å². The number of carbonyl (C=O) groups is 1. The van der Waals surface area contributed by atoms with Gasteiger partial charge in [0.1, 0.15) is 11.5 Å². The molecule has 0 fully saturated rings. The predicted octanol–water partition coefficient (Wildman–Crippen LogP) is 2.21. The van der Waals surface area contributed by atoms with E-state index in [0.717, 1.165) is 11.3 Å². The number of benzene rings is 1. The number of hydrogen-bond acceptors (Lipinski definition) is 4. The number of nitrogen functional groups attached to an aromatic ring is 1. The lowest BCUT2D eigenvalue weighted by molar-refractivity contribution is -0.132. The van der Waals surface area contributed by atoms with Crippen molar-refractivity contribution in [1.29, 1.82) is 0 Å². The van der Waals surface area contributed by atoms with Crippen molar-refractivity contribution in [1.82, 2.24) is 4.90 Å². The van der Waals surface area contributed by atoms with Gasteiger partial charge in [-0.1, -0.05) is 0 Å². The number of anilines is 1. The summed E-state index contributed by atoms with van der Waals surface area (Å²) in [4.78, 5) is 13.6. The summed E-state index contributed by atoms with van der Waals surface area (Å²) in [5, 5.41) is 0. The van der Waals surface area contributed by atoms with Gasteiger partial charge in [-0.3, -0.25) is 4.79 Å². The summed E-state index contributed by atoms with van der Waals surface area (Å²) in [5.74, 6) is 1.35. The van der Waals surface area contributed by atoms with Crippen LogP contribution in [0, 0.1) is 6.92 Å². The molecule has 1 heterocycles. The molecule has 106 valence electrons. The van der Waals surface area contributed by atoms with E-state index < -0.39 is 0 Å². The third-order valence-electron chi connectivity index (χ3n) is 3.04. The third-order valence-corrected chi connectivity index (χ3v) is 3.04. The largest absolute Gasteiger partial charge is 0.484 e. The minimum atomic E-state index is -0.0950. The lowest BCUT2D eigenvalue weighted by Crippen LogP contribution is -2.31. The molecular formula is C15H18N2O3. The first-order valence-corrected chi connectivity index (χ1v) is 6.31. The number of hydrogen-bond donors (Lipinski definition) is 1. The Bertz CT molecular complexity index is 575. The summed E-state index contributed by atoms with van der Waals surface area (Å²) in [6, 6.07) is 8.81. The SMILES string of the molecule is Cc1occc1CN(C)C(=O)COc1ccc(N)cc1. The molecule has 5 nitrogen and oxygen atoms in total. The molecule has 1 amide bonds. The monoisotopic (exact) mass is 274 g/mol. The van der Waals surface area contributed by atoms with E-state index in [4.69, 9.17) is 14.9 Å². The number of amides is 1. The van der Waals surface area contributed by atoms with Crippen LogP contribution in [0.2, 0.25) is 0 Å². The number of furan rings is 1. The highest BCUT2D eigenvalue weighted by molar-refractivity contribution is 5.77. The zero-order valence-corrected chi connectivity index (χ0v) is 11.6. The minimum Gasteiger partial charge on any atom is -0.484 e. The van der Waals surface area contributed by atoms with E-state index in [1.165, 1.54) is 0 Å². The van der Waals surface area contributed by atoms with E-state index in [1.807, 2.05) is 13.0 Å². The summed E-state index contributed by atoms with van der Waals surface area (Å²) < 4.78 is 10.6. The van der Waals surface area contributed by atoms with Gasteiger partial charge in [-0.05, 0) is 37.3 Å². The Kier molecular flexibility index (Phi) is 4.30. The van der Waals surface area contributed by atoms with Crippen molar-refractivity contribution in [2.24, 2.45) is 0 Å². The lowest BCUT2D eigenvalue weighted by Gasteiger charge is -2.17. The molecule has 0 aliphatic heterocycles. The number of likely N-dealkylation sites (N-methyl/N-ethyl adjacent to an activating group) is 1. The molecule has 2 rings (SSSR count). The van der Waals surface area contributed by atoms with Crippen molar-refractivity contribution in [3.63, 3.8) is 0 Å². The molecule has 5 heteroatoms. The summed E-state index contributed by atoms with van der Waals surface area (Å²) in [6.07, 6.45) is 1.62. The number of carbonyl (C=O) groups excluding carboxylic acids is 1. The first-order valence-electron chi connectivity index (χ1n) is 6.31. The van der Waals surface area contributed by atoms with Gasteiger partial charge in [-0.25, -0.2) is 0 Å². The topological polar surface area (TPSA) is 68.7 Å². The minimum absolute atomic E-state index is 0.00266. The fraction of sp³-hybridized carbons (Fsp3) is 0.267. The average molecular weight is 274 g/mol. The zero-order chi connectivity index (χ0) is 14.5. The Morgan fingerprint density at radius 3 is 2.60 bits per heavy atom. The van der Waals surface area contributed by atoms with E-state index in [2.05, 4.69) is 0 Å². The standard InChI is InChI=1S/C15H18N2O3/c1-11-12(7-8-19-11)9-17(2)15(18)10-20-14-5-3-13(16)4-6-14/h3-8H,9-10,16H2,1-2H3. The van der Waals surface area contributed by atoms with Crippen molar-refractivity contribution in [3.8, 4) is 5.75 Å². The van der Waals surface area contributed by atoms with Gasteiger partial charge in [-0.2, -0.15) is 0 Å². The number of rotatable bonds is 5. The molecule has 20 heavy (non-hydrogen) atoms. The molecule has 0 aliphatic carbocycles. The van der Waals surface area contributed by atoms with Crippen molar-refractivity contribution in [2.45, 2.75) is 13.5 Å². The van der Waals surface area contributed by atoms with Gasteiger partial charge < -0.3 is 19.8 Å². The van der Waals surface area contributed by atoms with Gasteiger partial charge in [0.2, 0.25) is 0 Å². The van der Waals surface area contributed by atoms with E-state index in [1.54, 1.807) is 42.5 Å². The molecular weight excluding hydrogens is 256 g/mol. The molecule has 0 aliphatic rings. The van der Waals surface area contributed by atoms with Crippen LogP contribution < -0.4 is 10.5 Å². The van der Waals surface area contributed by atoms with Gasteiger partial charge in [0.15, 0.2) is 6.61 Å². The van der Waals surface area contributed by atoms with E-state index in [0.29, 0.717) is 18.0 Å². The molecule has 0 radical (unpaired) electrons. The van der Waals surface area contributed by atoms with Gasteiger partial charge in [0, 0.05) is 24.8 Å². The molecule has 0 unspecified atom stereocenters. The highest BCUT2D eigenvalue weighted by Crippen LogP contribution is 2.14. The smallest absolute Gasteiger partial charge is 0.260 e. The van der Waals surface area contributed by atoms with Crippen LogP contribution in [0.4, 0.5) is 5.69 Å². The fourth-order valence-electron chi connectivity index (χ4n) is 1.74. The Balaban J connectivity index is 1.85. The molecule has 0 atom stereocenters. The Hall–Kier alpha value is -2.43. The maximum absolute atomic E-state index is 12.0. The van der Waals surface area contributed by atoms with E-state index in [-0.39, 0.29) is 12.5 Å². The van der Waals surface area contributed by atoms with Crippen LogP contribution in [0.15, 0.2) is 41.0 Å². The second kappa shape index (κ2) is 6.14. The summed E-state index contributed by atoms with van der Waals surface area (Å²) in [7, 11) is 1.74. The van der Waals surface area contributed by atoms with Crippen LogP contribution in [0.1, 0.15) is 11.3 Å². The highest BCUT2D eigenvalue weighted by Gasteiger charge is 2.12.